The third-order valence-electron chi connectivity index (χ3n) is 4.07. The number of fused-ring (bicyclic) bond motifs is 2. The first-order valence-corrected chi connectivity index (χ1v) is 6.71. The Morgan fingerprint density at radius 1 is 0.950 bits per heavy atom. The van der Waals surface area contributed by atoms with Crippen LogP contribution in [0.1, 0.15) is 27.8 Å². The molecule has 0 heterocycles. The van der Waals surface area contributed by atoms with Gasteiger partial charge >= 0.3 is 0 Å². The predicted molar refractivity (Wildman–Crippen MR) is 76.3 cm³/mol. The minimum absolute atomic E-state index is 0.183. The van der Waals surface area contributed by atoms with Crippen LogP contribution in [0.15, 0.2) is 42.5 Å². The Hall–Kier alpha value is -2.22. The molecule has 0 saturated carbocycles. The van der Waals surface area contributed by atoms with E-state index in [1.54, 1.807) is 12.1 Å². The molecule has 0 nitrogen and oxygen atoms in total. The first-order chi connectivity index (χ1) is 9.74. The molecular weight excluding hydrogens is 254 g/mol. The van der Waals surface area contributed by atoms with E-state index in [4.69, 9.17) is 0 Å². The molecule has 2 heteroatoms. The van der Waals surface area contributed by atoms with Gasteiger partial charge in [0.1, 0.15) is 11.6 Å². The summed E-state index contributed by atoms with van der Waals surface area (Å²) in [5.74, 6) is -0.381. The van der Waals surface area contributed by atoms with Crippen LogP contribution in [0.2, 0.25) is 0 Å². The standard InChI is InChI=1S/C18H12F2/c19-17-6-2-5-15-13(7-8-16(15)17)12-9-11-3-1-4-14(11)18(20)10-12/h1-2,4-7,9-10H,3,8H2. The fourth-order valence-corrected chi connectivity index (χ4v) is 3.10. The van der Waals surface area contributed by atoms with Crippen LogP contribution in [-0.2, 0) is 12.8 Å². The van der Waals surface area contributed by atoms with E-state index in [9.17, 15) is 8.78 Å². The average Bonchev–Trinajstić information content (AvgIpc) is 3.05. The maximum absolute atomic E-state index is 14.1. The minimum Gasteiger partial charge on any atom is -0.207 e. The van der Waals surface area contributed by atoms with Crippen molar-refractivity contribution in [3.63, 3.8) is 0 Å². The van der Waals surface area contributed by atoms with E-state index in [0.717, 1.165) is 28.7 Å². The van der Waals surface area contributed by atoms with E-state index >= 15 is 0 Å². The van der Waals surface area contributed by atoms with Gasteiger partial charge in [0.05, 0.1) is 0 Å². The van der Waals surface area contributed by atoms with Crippen LogP contribution in [0.4, 0.5) is 8.78 Å². The Kier molecular flexibility index (Phi) is 2.40. The van der Waals surface area contributed by atoms with Crippen LogP contribution in [0, 0.1) is 11.6 Å². The smallest absolute Gasteiger partial charge is 0.131 e. The van der Waals surface area contributed by atoms with Gasteiger partial charge in [0.15, 0.2) is 0 Å². The average molecular weight is 266 g/mol. The second-order valence-corrected chi connectivity index (χ2v) is 5.23. The van der Waals surface area contributed by atoms with E-state index < -0.39 is 0 Å². The van der Waals surface area contributed by atoms with Crippen LogP contribution in [0.5, 0.6) is 0 Å². The van der Waals surface area contributed by atoms with Crippen LogP contribution in [0.25, 0.3) is 11.6 Å². The van der Waals surface area contributed by atoms with Crippen molar-refractivity contribution in [1.82, 2.24) is 0 Å². The summed E-state index contributed by atoms with van der Waals surface area (Å²) in [6, 6.07) is 8.66. The summed E-state index contributed by atoms with van der Waals surface area (Å²) in [6.07, 6.45) is 7.12. The zero-order valence-electron chi connectivity index (χ0n) is 10.8. The zero-order valence-corrected chi connectivity index (χ0v) is 10.8. The molecule has 0 radical (unpaired) electrons. The fraction of sp³-hybridized carbons (Fsp3) is 0.111. The molecular formula is C18H12F2. The summed E-state index contributed by atoms with van der Waals surface area (Å²) in [5, 5.41) is 0. The molecule has 0 atom stereocenters. The Labute approximate surface area is 116 Å². The van der Waals surface area contributed by atoms with Crippen LogP contribution >= 0.6 is 0 Å². The van der Waals surface area contributed by atoms with Gasteiger partial charge in [-0.15, -0.1) is 0 Å². The molecule has 98 valence electrons. The molecule has 2 aliphatic carbocycles. The molecule has 4 rings (SSSR count). The Balaban J connectivity index is 1.86. The molecule has 0 aromatic heterocycles. The lowest BCUT2D eigenvalue weighted by Crippen LogP contribution is -1.94. The van der Waals surface area contributed by atoms with Crippen LogP contribution in [-0.4, -0.2) is 0 Å². The number of hydrogen-bond donors (Lipinski definition) is 0. The SMILES string of the molecule is Fc1cc(C2=CCc3c(F)cccc32)cc2c1C=CC2. The molecule has 0 unspecified atom stereocenters. The molecule has 2 aliphatic rings. The summed E-state index contributed by atoms with van der Waals surface area (Å²) >= 11 is 0. The van der Waals surface area contributed by atoms with Gasteiger partial charge in [0, 0.05) is 5.56 Å². The Bertz CT molecular complexity index is 782. The van der Waals surface area contributed by atoms with Gasteiger partial charge in [-0.05, 0) is 52.8 Å². The van der Waals surface area contributed by atoms with E-state index in [2.05, 4.69) is 0 Å². The molecule has 0 bridgehead atoms. The first-order valence-electron chi connectivity index (χ1n) is 6.71. The van der Waals surface area contributed by atoms with Crippen LogP contribution in [0.3, 0.4) is 0 Å². The van der Waals surface area contributed by atoms with Crippen molar-refractivity contribution in [2.45, 2.75) is 12.8 Å². The number of allylic oxidation sites excluding steroid dienone is 2. The maximum Gasteiger partial charge on any atom is 0.131 e. The lowest BCUT2D eigenvalue weighted by atomic mass is 9.95. The summed E-state index contributed by atoms with van der Waals surface area (Å²) < 4.78 is 27.9. The molecule has 0 aliphatic heterocycles. The molecule has 0 spiro atoms. The van der Waals surface area contributed by atoms with Crippen molar-refractivity contribution in [2.24, 2.45) is 0 Å². The molecule has 0 fully saturated rings. The fourth-order valence-electron chi connectivity index (χ4n) is 3.10. The highest BCUT2D eigenvalue weighted by atomic mass is 19.1. The number of rotatable bonds is 1. The highest BCUT2D eigenvalue weighted by molar-refractivity contribution is 5.85. The van der Waals surface area contributed by atoms with Crippen molar-refractivity contribution >= 4 is 11.6 Å². The lowest BCUT2D eigenvalue weighted by molar-refractivity contribution is 0.615. The van der Waals surface area contributed by atoms with Crippen molar-refractivity contribution in [3.8, 4) is 0 Å². The van der Waals surface area contributed by atoms with E-state index in [-0.39, 0.29) is 11.6 Å². The predicted octanol–water partition coefficient (Wildman–Crippen LogP) is 4.52. The molecule has 2 aromatic rings. The topological polar surface area (TPSA) is 0 Å². The Morgan fingerprint density at radius 3 is 2.75 bits per heavy atom. The second-order valence-electron chi connectivity index (χ2n) is 5.23. The van der Waals surface area contributed by atoms with E-state index in [0.29, 0.717) is 17.5 Å². The van der Waals surface area contributed by atoms with Gasteiger partial charge in [-0.1, -0.05) is 36.4 Å². The summed E-state index contributed by atoms with van der Waals surface area (Å²) in [6.45, 7) is 0. The molecule has 20 heavy (non-hydrogen) atoms. The highest BCUT2D eigenvalue weighted by Crippen LogP contribution is 2.36. The van der Waals surface area contributed by atoms with Crippen molar-refractivity contribution in [2.75, 3.05) is 0 Å². The summed E-state index contributed by atoms with van der Waals surface area (Å²) in [5.41, 5.74) is 5.07. The minimum atomic E-state index is -0.197. The van der Waals surface area contributed by atoms with Crippen molar-refractivity contribution in [1.29, 1.82) is 0 Å². The largest absolute Gasteiger partial charge is 0.207 e. The maximum atomic E-state index is 14.1. The molecule has 2 aromatic carbocycles. The summed E-state index contributed by atoms with van der Waals surface area (Å²) in [7, 11) is 0. The summed E-state index contributed by atoms with van der Waals surface area (Å²) in [4.78, 5) is 0. The van der Waals surface area contributed by atoms with Crippen molar-refractivity contribution in [3.05, 3.63) is 81.9 Å². The first kappa shape index (κ1) is 11.6. The monoisotopic (exact) mass is 266 g/mol. The quantitative estimate of drug-likeness (QED) is 0.711. The van der Waals surface area contributed by atoms with Gasteiger partial charge in [-0.2, -0.15) is 0 Å². The molecule has 0 amide bonds. The van der Waals surface area contributed by atoms with Gasteiger partial charge < -0.3 is 0 Å². The normalized spacial score (nSPS) is 15.2. The third-order valence-corrected chi connectivity index (χ3v) is 4.07. The lowest BCUT2D eigenvalue weighted by Gasteiger charge is -2.10. The zero-order chi connectivity index (χ0) is 13.7. The Morgan fingerprint density at radius 2 is 1.85 bits per heavy atom. The van der Waals surface area contributed by atoms with Crippen molar-refractivity contribution < 1.29 is 8.78 Å². The number of halogens is 2. The number of hydrogen-bond acceptors (Lipinski definition) is 0. The second kappa shape index (κ2) is 4.14. The van der Waals surface area contributed by atoms with Gasteiger partial charge in [-0.3, -0.25) is 0 Å². The van der Waals surface area contributed by atoms with E-state index in [1.165, 1.54) is 6.07 Å². The number of benzene rings is 2. The van der Waals surface area contributed by atoms with Gasteiger partial charge in [-0.25, -0.2) is 8.78 Å². The van der Waals surface area contributed by atoms with E-state index in [1.807, 2.05) is 30.4 Å². The molecule has 0 saturated heterocycles. The van der Waals surface area contributed by atoms with Gasteiger partial charge in [0.2, 0.25) is 0 Å². The third kappa shape index (κ3) is 1.58. The van der Waals surface area contributed by atoms with Gasteiger partial charge in [0.25, 0.3) is 0 Å². The van der Waals surface area contributed by atoms with Crippen LogP contribution < -0.4 is 0 Å². The molecule has 0 N–H and O–H groups in total. The highest BCUT2D eigenvalue weighted by Gasteiger charge is 2.21.